The molecule has 5 nitrogen and oxygen atoms in total. The highest BCUT2D eigenvalue weighted by Crippen LogP contribution is 2.09. The van der Waals surface area contributed by atoms with Gasteiger partial charge in [0.1, 0.15) is 6.61 Å². The van der Waals surface area contributed by atoms with E-state index in [0.29, 0.717) is 18.1 Å². The minimum absolute atomic E-state index is 0.159. The van der Waals surface area contributed by atoms with Gasteiger partial charge in [-0.15, -0.1) is 0 Å². The summed E-state index contributed by atoms with van der Waals surface area (Å²) in [7, 11) is 0. The molecular formula is C16H16N2O3. The number of nitrogens with zero attached hydrogens (tertiary/aromatic N) is 1. The Morgan fingerprint density at radius 1 is 1.33 bits per heavy atom. The molecule has 2 N–H and O–H groups in total. The molecule has 2 aromatic rings. The highest BCUT2D eigenvalue weighted by molar-refractivity contribution is 5.92. The summed E-state index contributed by atoms with van der Waals surface area (Å²) in [4.78, 5) is 16.0. The summed E-state index contributed by atoms with van der Waals surface area (Å²) in [6.45, 7) is 3.68. The lowest BCUT2D eigenvalue weighted by molar-refractivity contribution is 0.0921. The van der Waals surface area contributed by atoms with Crippen LogP contribution in [0.25, 0.3) is 0 Å². The van der Waals surface area contributed by atoms with Crippen molar-refractivity contribution >= 4 is 5.91 Å². The minimum Gasteiger partial charge on any atom is -0.436 e. The van der Waals surface area contributed by atoms with Crippen molar-refractivity contribution in [1.29, 1.82) is 0 Å². The monoisotopic (exact) mass is 284 g/mol. The van der Waals surface area contributed by atoms with E-state index in [-0.39, 0.29) is 18.3 Å². The lowest BCUT2D eigenvalue weighted by atomic mass is 10.1. The van der Waals surface area contributed by atoms with Crippen LogP contribution < -0.4 is 5.32 Å². The quantitative estimate of drug-likeness (QED) is 0.839. The van der Waals surface area contributed by atoms with Crippen LogP contribution in [0.4, 0.5) is 0 Å². The molecule has 0 aliphatic rings. The molecule has 1 amide bonds. The van der Waals surface area contributed by atoms with Crippen LogP contribution in [0.3, 0.4) is 0 Å². The van der Waals surface area contributed by atoms with Crippen molar-refractivity contribution in [3.8, 4) is 11.8 Å². The first-order valence-electron chi connectivity index (χ1n) is 6.51. The summed E-state index contributed by atoms with van der Waals surface area (Å²) < 4.78 is 5.26. The van der Waals surface area contributed by atoms with E-state index in [1.54, 1.807) is 13.8 Å². The van der Waals surface area contributed by atoms with E-state index in [9.17, 15) is 4.79 Å². The maximum absolute atomic E-state index is 12.0. The maximum atomic E-state index is 12.0. The van der Waals surface area contributed by atoms with Crippen LogP contribution in [0.15, 0.2) is 28.7 Å². The third-order valence-corrected chi connectivity index (χ3v) is 2.83. The van der Waals surface area contributed by atoms with Crippen molar-refractivity contribution in [2.75, 3.05) is 6.61 Å². The molecule has 1 aromatic heterocycles. The lowest BCUT2D eigenvalue weighted by Crippen LogP contribution is -2.23. The normalized spacial score (nSPS) is 9.86. The van der Waals surface area contributed by atoms with Crippen LogP contribution in [0.5, 0.6) is 0 Å². The summed E-state index contributed by atoms with van der Waals surface area (Å²) in [6.07, 6.45) is 0. The number of aliphatic hydroxyl groups excluding tert-OH is 1. The molecule has 0 atom stereocenters. The van der Waals surface area contributed by atoms with Crippen LogP contribution in [0.2, 0.25) is 0 Å². The van der Waals surface area contributed by atoms with E-state index in [2.05, 4.69) is 22.1 Å². The van der Waals surface area contributed by atoms with Crippen LogP contribution in [-0.2, 0) is 6.54 Å². The van der Waals surface area contributed by atoms with Gasteiger partial charge in [-0.25, -0.2) is 4.98 Å². The SMILES string of the molecule is Cc1nc(C)c(C(=O)NCc2ccc(C#CCO)cc2)o1. The molecule has 1 aromatic carbocycles. The zero-order chi connectivity index (χ0) is 15.2. The molecule has 0 bridgehead atoms. The van der Waals surface area contributed by atoms with Gasteiger partial charge in [-0.05, 0) is 24.6 Å². The van der Waals surface area contributed by atoms with Gasteiger partial charge in [-0.1, -0.05) is 24.0 Å². The summed E-state index contributed by atoms with van der Waals surface area (Å²) in [6, 6.07) is 7.43. The Morgan fingerprint density at radius 3 is 2.62 bits per heavy atom. The number of aliphatic hydroxyl groups is 1. The first-order chi connectivity index (χ1) is 10.1. The van der Waals surface area contributed by atoms with Crippen molar-refractivity contribution in [3.05, 3.63) is 52.7 Å². The Balaban J connectivity index is 1.96. The van der Waals surface area contributed by atoms with Gasteiger partial charge in [-0.3, -0.25) is 4.79 Å². The van der Waals surface area contributed by atoms with E-state index in [4.69, 9.17) is 9.52 Å². The van der Waals surface area contributed by atoms with Gasteiger partial charge in [0, 0.05) is 19.0 Å². The maximum Gasteiger partial charge on any atom is 0.289 e. The van der Waals surface area contributed by atoms with Crippen LogP contribution >= 0.6 is 0 Å². The standard InChI is InChI=1S/C16H16N2O3/c1-11-15(21-12(2)18-11)16(20)17-10-14-7-5-13(6-8-14)4-3-9-19/h5-8,19H,9-10H2,1-2H3,(H,17,20). The number of aromatic nitrogens is 1. The lowest BCUT2D eigenvalue weighted by Gasteiger charge is -2.04. The fourth-order valence-corrected chi connectivity index (χ4v) is 1.85. The number of carbonyl (C=O) groups is 1. The van der Waals surface area contributed by atoms with E-state index in [0.717, 1.165) is 11.1 Å². The fourth-order valence-electron chi connectivity index (χ4n) is 1.85. The zero-order valence-electron chi connectivity index (χ0n) is 11.9. The highest BCUT2D eigenvalue weighted by Gasteiger charge is 2.15. The van der Waals surface area contributed by atoms with Crippen molar-refractivity contribution < 1.29 is 14.3 Å². The van der Waals surface area contributed by atoms with Gasteiger partial charge in [0.05, 0.1) is 5.69 Å². The van der Waals surface area contributed by atoms with Gasteiger partial charge in [0.2, 0.25) is 5.76 Å². The van der Waals surface area contributed by atoms with E-state index in [1.165, 1.54) is 0 Å². The molecule has 108 valence electrons. The summed E-state index contributed by atoms with van der Waals surface area (Å²) in [5, 5.41) is 11.4. The molecule has 0 aliphatic carbocycles. The molecule has 21 heavy (non-hydrogen) atoms. The number of hydrogen-bond acceptors (Lipinski definition) is 4. The largest absolute Gasteiger partial charge is 0.436 e. The average molecular weight is 284 g/mol. The predicted molar refractivity (Wildman–Crippen MR) is 77.6 cm³/mol. The number of benzene rings is 1. The van der Waals surface area contributed by atoms with Crippen molar-refractivity contribution in [2.45, 2.75) is 20.4 Å². The van der Waals surface area contributed by atoms with Gasteiger partial charge >= 0.3 is 0 Å². The van der Waals surface area contributed by atoms with Crippen molar-refractivity contribution in [3.63, 3.8) is 0 Å². The Bertz CT molecular complexity index is 691. The number of hydrogen-bond donors (Lipinski definition) is 2. The molecule has 2 rings (SSSR count). The summed E-state index contributed by atoms with van der Waals surface area (Å²) in [5.74, 6) is 5.84. The first kappa shape index (κ1) is 14.8. The predicted octanol–water partition coefficient (Wildman–Crippen LogP) is 1.57. The molecule has 0 unspecified atom stereocenters. The number of carbonyl (C=O) groups excluding carboxylic acids is 1. The van der Waals surface area contributed by atoms with Crippen molar-refractivity contribution in [1.82, 2.24) is 10.3 Å². The second-order valence-electron chi connectivity index (χ2n) is 4.49. The topological polar surface area (TPSA) is 75.4 Å². The molecule has 0 aliphatic heterocycles. The molecular weight excluding hydrogens is 268 g/mol. The number of rotatable bonds is 3. The average Bonchev–Trinajstić information content (AvgIpc) is 2.82. The molecule has 0 fully saturated rings. The minimum atomic E-state index is -0.280. The third-order valence-electron chi connectivity index (χ3n) is 2.83. The van der Waals surface area contributed by atoms with Gasteiger partial charge < -0.3 is 14.8 Å². The Kier molecular flexibility index (Phi) is 4.75. The molecule has 0 spiro atoms. The van der Waals surface area contributed by atoms with Gasteiger partial charge in [-0.2, -0.15) is 0 Å². The van der Waals surface area contributed by atoms with Crippen LogP contribution in [0, 0.1) is 25.7 Å². The molecule has 0 saturated carbocycles. The fraction of sp³-hybridized carbons (Fsp3) is 0.250. The van der Waals surface area contributed by atoms with Gasteiger partial charge in [0.25, 0.3) is 5.91 Å². The van der Waals surface area contributed by atoms with Crippen molar-refractivity contribution in [2.24, 2.45) is 0 Å². The van der Waals surface area contributed by atoms with Gasteiger partial charge in [0.15, 0.2) is 5.89 Å². The number of nitrogens with one attached hydrogen (secondary N) is 1. The molecule has 0 saturated heterocycles. The van der Waals surface area contributed by atoms with E-state index >= 15 is 0 Å². The Labute approximate surface area is 123 Å². The third kappa shape index (κ3) is 3.94. The first-order valence-corrected chi connectivity index (χ1v) is 6.51. The summed E-state index contributed by atoms with van der Waals surface area (Å²) >= 11 is 0. The molecule has 5 heteroatoms. The number of oxazole rings is 1. The molecule has 1 heterocycles. The summed E-state index contributed by atoms with van der Waals surface area (Å²) in [5.41, 5.74) is 2.35. The number of amides is 1. The number of aryl methyl sites for hydroxylation is 2. The van der Waals surface area contributed by atoms with E-state index < -0.39 is 0 Å². The highest BCUT2D eigenvalue weighted by atomic mass is 16.4. The zero-order valence-corrected chi connectivity index (χ0v) is 11.9. The second-order valence-corrected chi connectivity index (χ2v) is 4.49. The Hall–Kier alpha value is -2.58. The van der Waals surface area contributed by atoms with Crippen LogP contribution in [0.1, 0.15) is 33.3 Å². The van der Waals surface area contributed by atoms with Crippen LogP contribution in [-0.4, -0.2) is 22.6 Å². The second kappa shape index (κ2) is 6.73. The smallest absolute Gasteiger partial charge is 0.289 e. The molecule has 0 radical (unpaired) electrons. The Morgan fingerprint density at radius 2 is 2.05 bits per heavy atom. The van der Waals surface area contributed by atoms with E-state index in [1.807, 2.05) is 24.3 Å².